The molecular weight excluding hydrogens is 288 g/mol. The normalized spacial score (nSPS) is 10.1. The summed E-state index contributed by atoms with van der Waals surface area (Å²) in [6.07, 6.45) is 0. The van der Waals surface area contributed by atoms with Gasteiger partial charge in [0.25, 0.3) is 0 Å². The van der Waals surface area contributed by atoms with Gasteiger partial charge in [0.05, 0.1) is 5.56 Å². The van der Waals surface area contributed by atoms with Crippen LogP contribution in [0.2, 0.25) is 0 Å². The summed E-state index contributed by atoms with van der Waals surface area (Å²) < 4.78 is 11.1. The van der Waals surface area contributed by atoms with Gasteiger partial charge in [-0.1, -0.05) is 30.3 Å². The van der Waals surface area contributed by atoms with E-state index >= 15 is 0 Å². The summed E-state index contributed by atoms with van der Waals surface area (Å²) >= 11 is 0. The van der Waals surface area contributed by atoms with Crippen molar-refractivity contribution >= 4 is 5.97 Å². The molecule has 0 aliphatic carbocycles. The summed E-state index contributed by atoms with van der Waals surface area (Å²) in [7, 11) is 0. The van der Waals surface area contributed by atoms with Crippen LogP contribution in [0.15, 0.2) is 78.9 Å². The van der Waals surface area contributed by atoms with E-state index in [1.54, 1.807) is 30.3 Å². The van der Waals surface area contributed by atoms with Crippen LogP contribution in [0.1, 0.15) is 15.9 Å². The molecule has 23 heavy (non-hydrogen) atoms. The van der Waals surface area contributed by atoms with E-state index in [4.69, 9.17) is 9.47 Å². The Morgan fingerprint density at radius 1 is 0.739 bits per heavy atom. The Bertz CT molecular complexity index is 793. The molecule has 0 heterocycles. The summed E-state index contributed by atoms with van der Waals surface area (Å²) in [6.45, 7) is 1.95. The fraction of sp³-hybridized carbons (Fsp3) is 0.0500. The first-order chi connectivity index (χ1) is 11.2. The molecule has 0 saturated carbocycles. The molecule has 0 aromatic heterocycles. The van der Waals surface area contributed by atoms with E-state index < -0.39 is 0 Å². The highest BCUT2D eigenvalue weighted by atomic mass is 16.5. The molecular formula is C20H16O3. The lowest BCUT2D eigenvalue weighted by Crippen LogP contribution is -2.08. The average molecular weight is 304 g/mol. The number of aryl methyl sites for hydroxylation is 1. The SMILES string of the molecule is Cc1cccc(OC(=O)c2ccc(Oc3ccccc3)cc2)c1. The van der Waals surface area contributed by atoms with Crippen LogP contribution in [0.3, 0.4) is 0 Å². The Labute approximate surface area is 135 Å². The first-order valence-corrected chi connectivity index (χ1v) is 7.32. The van der Waals surface area contributed by atoms with Crippen molar-refractivity contribution in [1.82, 2.24) is 0 Å². The van der Waals surface area contributed by atoms with Crippen LogP contribution in [0.25, 0.3) is 0 Å². The molecule has 0 unspecified atom stereocenters. The zero-order valence-corrected chi connectivity index (χ0v) is 12.7. The summed E-state index contributed by atoms with van der Waals surface area (Å²) in [5.74, 6) is 1.58. The molecule has 0 atom stereocenters. The summed E-state index contributed by atoms with van der Waals surface area (Å²) in [4.78, 5) is 12.1. The fourth-order valence-electron chi connectivity index (χ4n) is 2.13. The van der Waals surface area contributed by atoms with Crippen molar-refractivity contribution in [2.24, 2.45) is 0 Å². The lowest BCUT2D eigenvalue weighted by molar-refractivity contribution is 0.0734. The molecule has 0 aliphatic heterocycles. The molecule has 3 heteroatoms. The number of carbonyl (C=O) groups excluding carboxylic acids is 1. The second-order valence-corrected chi connectivity index (χ2v) is 5.15. The van der Waals surface area contributed by atoms with Crippen LogP contribution in [-0.4, -0.2) is 5.97 Å². The number of para-hydroxylation sites is 1. The molecule has 114 valence electrons. The van der Waals surface area contributed by atoms with Crippen molar-refractivity contribution in [3.63, 3.8) is 0 Å². The minimum absolute atomic E-state index is 0.387. The van der Waals surface area contributed by atoms with Crippen molar-refractivity contribution in [3.8, 4) is 17.2 Å². The van der Waals surface area contributed by atoms with Crippen LogP contribution in [-0.2, 0) is 0 Å². The van der Waals surface area contributed by atoms with Gasteiger partial charge in [0.2, 0.25) is 0 Å². The third kappa shape index (κ3) is 3.98. The number of benzene rings is 3. The van der Waals surface area contributed by atoms with Gasteiger partial charge in [0.15, 0.2) is 0 Å². The maximum Gasteiger partial charge on any atom is 0.343 e. The average Bonchev–Trinajstić information content (AvgIpc) is 2.56. The third-order valence-corrected chi connectivity index (χ3v) is 3.27. The van der Waals surface area contributed by atoms with Gasteiger partial charge in [-0.25, -0.2) is 4.79 Å². The number of hydrogen-bond donors (Lipinski definition) is 0. The number of esters is 1. The summed E-state index contributed by atoms with van der Waals surface area (Å²) in [5, 5.41) is 0. The van der Waals surface area contributed by atoms with Crippen LogP contribution in [0.4, 0.5) is 0 Å². The predicted octanol–water partition coefficient (Wildman–Crippen LogP) is 5.01. The molecule has 0 fully saturated rings. The van der Waals surface area contributed by atoms with E-state index in [1.165, 1.54) is 0 Å². The van der Waals surface area contributed by atoms with E-state index in [0.717, 1.165) is 11.3 Å². The number of rotatable bonds is 4. The zero-order chi connectivity index (χ0) is 16.1. The molecule has 3 rings (SSSR count). The quantitative estimate of drug-likeness (QED) is 0.502. The number of ether oxygens (including phenoxy) is 2. The Hall–Kier alpha value is -3.07. The van der Waals surface area contributed by atoms with Gasteiger partial charge < -0.3 is 9.47 Å². The standard InChI is InChI=1S/C20H16O3/c1-15-6-5-9-19(14-15)23-20(21)16-10-12-18(13-11-16)22-17-7-3-2-4-8-17/h2-14H,1H3. The third-order valence-electron chi connectivity index (χ3n) is 3.27. The van der Waals surface area contributed by atoms with E-state index in [0.29, 0.717) is 17.1 Å². The molecule has 0 radical (unpaired) electrons. The first-order valence-electron chi connectivity index (χ1n) is 7.32. The molecule has 3 nitrogen and oxygen atoms in total. The van der Waals surface area contributed by atoms with Gasteiger partial charge in [0, 0.05) is 0 Å². The van der Waals surface area contributed by atoms with E-state index in [-0.39, 0.29) is 5.97 Å². The molecule has 3 aromatic carbocycles. The maximum absolute atomic E-state index is 12.1. The molecule has 3 aromatic rings. The monoisotopic (exact) mass is 304 g/mol. The zero-order valence-electron chi connectivity index (χ0n) is 12.7. The van der Waals surface area contributed by atoms with Gasteiger partial charge in [-0.2, -0.15) is 0 Å². The summed E-state index contributed by atoms with van der Waals surface area (Å²) in [5.41, 5.74) is 1.52. The van der Waals surface area contributed by atoms with Gasteiger partial charge in [-0.3, -0.25) is 0 Å². The van der Waals surface area contributed by atoms with E-state index in [2.05, 4.69) is 0 Å². The largest absolute Gasteiger partial charge is 0.457 e. The molecule has 0 N–H and O–H groups in total. The Morgan fingerprint density at radius 2 is 1.39 bits per heavy atom. The molecule has 0 aliphatic rings. The predicted molar refractivity (Wildman–Crippen MR) is 89.1 cm³/mol. The highest BCUT2D eigenvalue weighted by Gasteiger charge is 2.09. The second-order valence-electron chi connectivity index (χ2n) is 5.15. The van der Waals surface area contributed by atoms with Gasteiger partial charge in [-0.15, -0.1) is 0 Å². The van der Waals surface area contributed by atoms with Crippen LogP contribution in [0, 0.1) is 6.92 Å². The fourth-order valence-corrected chi connectivity index (χ4v) is 2.13. The molecule has 0 spiro atoms. The molecule has 0 amide bonds. The lowest BCUT2D eigenvalue weighted by Gasteiger charge is -2.07. The topological polar surface area (TPSA) is 35.5 Å². The molecule has 0 saturated heterocycles. The van der Waals surface area contributed by atoms with Crippen LogP contribution < -0.4 is 9.47 Å². The highest BCUT2D eigenvalue weighted by Crippen LogP contribution is 2.22. The van der Waals surface area contributed by atoms with Crippen molar-refractivity contribution in [2.45, 2.75) is 6.92 Å². The minimum atomic E-state index is -0.387. The lowest BCUT2D eigenvalue weighted by atomic mass is 10.2. The van der Waals surface area contributed by atoms with Crippen molar-refractivity contribution in [1.29, 1.82) is 0 Å². The van der Waals surface area contributed by atoms with Gasteiger partial charge >= 0.3 is 5.97 Å². The number of carbonyl (C=O) groups is 1. The summed E-state index contributed by atoms with van der Waals surface area (Å²) in [6, 6.07) is 23.8. The van der Waals surface area contributed by atoms with Crippen LogP contribution >= 0.6 is 0 Å². The van der Waals surface area contributed by atoms with Crippen molar-refractivity contribution in [2.75, 3.05) is 0 Å². The number of hydrogen-bond acceptors (Lipinski definition) is 3. The van der Waals surface area contributed by atoms with Gasteiger partial charge in [-0.05, 0) is 61.0 Å². The Kier molecular flexibility index (Phi) is 4.39. The maximum atomic E-state index is 12.1. The Balaban J connectivity index is 1.68. The first kappa shape index (κ1) is 14.9. The van der Waals surface area contributed by atoms with Crippen LogP contribution in [0.5, 0.6) is 17.2 Å². The highest BCUT2D eigenvalue weighted by molar-refractivity contribution is 5.91. The van der Waals surface area contributed by atoms with E-state index in [1.807, 2.05) is 55.5 Å². The second kappa shape index (κ2) is 6.79. The minimum Gasteiger partial charge on any atom is -0.457 e. The van der Waals surface area contributed by atoms with Gasteiger partial charge in [0.1, 0.15) is 17.2 Å². The Morgan fingerprint density at radius 3 is 2.09 bits per heavy atom. The van der Waals surface area contributed by atoms with Crippen molar-refractivity contribution < 1.29 is 14.3 Å². The van der Waals surface area contributed by atoms with Crippen molar-refractivity contribution in [3.05, 3.63) is 90.0 Å². The smallest absolute Gasteiger partial charge is 0.343 e. The molecule has 0 bridgehead atoms. The van der Waals surface area contributed by atoms with E-state index in [9.17, 15) is 4.79 Å².